The normalized spacial score (nSPS) is 21.0. The lowest BCUT2D eigenvalue weighted by atomic mass is 10.0. The standard InChI is InChI=1S/C26H33N3O4/c1-19(20-10-4-2-5-11-20)27-26(31)28-22(16-29-14-8-9-15-29)25(30)24-18-32-17-23(33-24)21-12-6-3-7-13-21/h2-6,10-12,17-19,22,25,30H,7-9,13-16H2,1H3,(H2,27,28,31)/t19-,22-,25-/m1/s1. The van der Waals surface area contributed by atoms with Gasteiger partial charge in [0.05, 0.1) is 12.1 Å². The number of rotatable bonds is 8. The van der Waals surface area contributed by atoms with E-state index in [9.17, 15) is 9.90 Å². The van der Waals surface area contributed by atoms with Crippen molar-refractivity contribution in [1.29, 1.82) is 0 Å². The van der Waals surface area contributed by atoms with Gasteiger partial charge in [-0.3, -0.25) is 0 Å². The number of likely N-dealkylation sites (tertiary alicyclic amines) is 1. The number of urea groups is 1. The third-order valence-electron chi connectivity index (χ3n) is 6.21. The van der Waals surface area contributed by atoms with E-state index in [2.05, 4.69) is 21.6 Å². The van der Waals surface area contributed by atoms with E-state index in [1.807, 2.05) is 49.4 Å². The van der Waals surface area contributed by atoms with E-state index < -0.39 is 12.1 Å². The average molecular weight is 452 g/mol. The van der Waals surface area contributed by atoms with Crippen LogP contribution >= 0.6 is 0 Å². The molecule has 1 aromatic carbocycles. The van der Waals surface area contributed by atoms with Gasteiger partial charge in [-0.05, 0) is 56.8 Å². The number of aliphatic hydroxyl groups is 1. The molecule has 0 spiro atoms. The van der Waals surface area contributed by atoms with Gasteiger partial charge >= 0.3 is 6.03 Å². The third kappa shape index (κ3) is 6.27. The molecule has 0 bridgehead atoms. The number of benzene rings is 1. The molecular formula is C26H33N3O4. The number of carbonyl (C=O) groups excluding carboxylic acids is 1. The summed E-state index contributed by atoms with van der Waals surface area (Å²) in [6, 6.07) is 8.74. The molecule has 33 heavy (non-hydrogen) atoms. The second-order valence-corrected chi connectivity index (χ2v) is 8.71. The van der Waals surface area contributed by atoms with Crippen LogP contribution in [0, 0.1) is 0 Å². The molecule has 3 N–H and O–H groups in total. The van der Waals surface area contributed by atoms with Crippen molar-refractivity contribution in [1.82, 2.24) is 15.5 Å². The monoisotopic (exact) mass is 451 g/mol. The Morgan fingerprint density at radius 3 is 2.67 bits per heavy atom. The maximum Gasteiger partial charge on any atom is 0.315 e. The Morgan fingerprint density at radius 1 is 1.15 bits per heavy atom. The quantitative estimate of drug-likeness (QED) is 0.559. The van der Waals surface area contributed by atoms with Crippen LogP contribution in [0.1, 0.15) is 44.2 Å². The van der Waals surface area contributed by atoms with E-state index in [-0.39, 0.29) is 12.1 Å². The van der Waals surface area contributed by atoms with Crippen LogP contribution in [0.15, 0.2) is 78.2 Å². The van der Waals surface area contributed by atoms with Crippen molar-refractivity contribution in [2.45, 2.75) is 50.8 Å². The van der Waals surface area contributed by atoms with Gasteiger partial charge in [-0.1, -0.05) is 48.6 Å². The molecule has 3 atom stereocenters. The fourth-order valence-corrected chi connectivity index (χ4v) is 4.32. The minimum Gasteiger partial charge on any atom is -0.465 e. The van der Waals surface area contributed by atoms with E-state index in [4.69, 9.17) is 9.47 Å². The second-order valence-electron chi connectivity index (χ2n) is 8.71. The molecule has 1 fully saturated rings. The van der Waals surface area contributed by atoms with E-state index in [0.29, 0.717) is 18.1 Å². The summed E-state index contributed by atoms with van der Waals surface area (Å²) in [5, 5.41) is 17.2. The van der Waals surface area contributed by atoms with Gasteiger partial charge in [-0.15, -0.1) is 0 Å². The van der Waals surface area contributed by atoms with Gasteiger partial charge in [0.2, 0.25) is 0 Å². The molecule has 2 aliphatic heterocycles. The fourth-order valence-electron chi connectivity index (χ4n) is 4.32. The minimum absolute atomic E-state index is 0.162. The van der Waals surface area contributed by atoms with Crippen LogP contribution in [0.5, 0.6) is 0 Å². The van der Waals surface area contributed by atoms with Crippen molar-refractivity contribution >= 4 is 6.03 Å². The number of nitrogens with one attached hydrogen (secondary N) is 2. The summed E-state index contributed by atoms with van der Waals surface area (Å²) in [6.45, 7) is 4.37. The predicted octanol–water partition coefficient (Wildman–Crippen LogP) is 3.88. The highest BCUT2D eigenvalue weighted by Gasteiger charge is 2.31. The van der Waals surface area contributed by atoms with E-state index >= 15 is 0 Å². The van der Waals surface area contributed by atoms with Crippen LogP contribution in [-0.2, 0) is 9.47 Å². The number of nitrogens with zero attached hydrogens (tertiary/aromatic N) is 1. The first-order valence-electron chi connectivity index (χ1n) is 11.7. The zero-order chi connectivity index (χ0) is 23.0. The van der Waals surface area contributed by atoms with Crippen LogP contribution < -0.4 is 10.6 Å². The largest absolute Gasteiger partial charge is 0.465 e. The van der Waals surface area contributed by atoms with Crippen molar-refractivity contribution in [3.05, 3.63) is 83.7 Å². The molecule has 0 aromatic heterocycles. The zero-order valence-corrected chi connectivity index (χ0v) is 19.1. The molecule has 0 saturated carbocycles. The highest BCUT2D eigenvalue weighted by atomic mass is 16.6. The highest BCUT2D eigenvalue weighted by Crippen LogP contribution is 2.28. The van der Waals surface area contributed by atoms with Crippen molar-refractivity contribution in [3.8, 4) is 0 Å². The first-order chi connectivity index (χ1) is 16.1. The topological polar surface area (TPSA) is 83.1 Å². The summed E-state index contributed by atoms with van der Waals surface area (Å²) in [7, 11) is 0. The Labute approximate surface area is 195 Å². The smallest absolute Gasteiger partial charge is 0.315 e. The van der Waals surface area contributed by atoms with Crippen molar-refractivity contribution in [2.24, 2.45) is 0 Å². The summed E-state index contributed by atoms with van der Waals surface area (Å²) in [5.74, 6) is 0.890. The maximum absolute atomic E-state index is 12.8. The van der Waals surface area contributed by atoms with E-state index in [1.54, 1.807) is 6.26 Å². The Hall–Kier alpha value is -3.03. The molecule has 0 unspecified atom stereocenters. The summed E-state index contributed by atoms with van der Waals surface area (Å²) in [6.07, 6.45) is 12.0. The van der Waals surface area contributed by atoms with Crippen molar-refractivity contribution < 1.29 is 19.4 Å². The third-order valence-corrected chi connectivity index (χ3v) is 6.21. The Balaban J connectivity index is 1.42. The lowest BCUT2D eigenvalue weighted by molar-refractivity contribution is 0.0741. The van der Waals surface area contributed by atoms with Crippen LogP contribution in [-0.4, -0.2) is 47.8 Å². The SMILES string of the molecule is C[C@@H](NC(=O)N[C@H](CN1CCCC1)[C@@H](O)C1=COC=C(C2=CC=CCC2)O1)c1ccccc1. The molecule has 7 heteroatoms. The van der Waals surface area contributed by atoms with Crippen LogP contribution in [0.25, 0.3) is 0 Å². The zero-order valence-electron chi connectivity index (χ0n) is 19.1. The van der Waals surface area contributed by atoms with Gasteiger partial charge in [-0.25, -0.2) is 4.79 Å². The van der Waals surface area contributed by atoms with E-state index in [0.717, 1.165) is 49.9 Å². The summed E-state index contributed by atoms with van der Waals surface area (Å²) in [4.78, 5) is 15.1. The van der Waals surface area contributed by atoms with Gasteiger partial charge in [0.1, 0.15) is 18.6 Å². The number of carbonyl (C=O) groups is 1. The second kappa shape index (κ2) is 11.2. The van der Waals surface area contributed by atoms with Crippen molar-refractivity contribution in [2.75, 3.05) is 19.6 Å². The van der Waals surface area contributed by atoms with E-state index in [1.165, 1.54) is 6.26 Å². The van der Waals surface area contributed by atoms with Gasteiger partial charge < -0.3 is 30.1 Å². The summed E-state index contributed by atoms with van der Waals surface area (Å²) >= 11 is 0. The molecule has 0 radical (unpaired) electrons. The van der Waals surface area contributed by atoms with Gasteiger partial charge in [-0.2, -0.15) is 0 Å². The number of hydrogen-bond acceptors (Lipinski definition) is 5. The molecule has 1 aromatic rings. The number of ether oxygens (including phenoxy) is 2. The highest BCUT2D eigenvalue weighted by molar-refractivity contribution is 5.75. The van der Waals surface area contributed by atoms with Gasteiger partial charge in [0, 0.05) is 6.54 Å². The predicted molar refractivity (Wildman–Crippen MR) is 127 cm³/mol. The average Bonchev–Trinajstić information content (AvgIpc) is 3.37. The number of allylic oxidation sites excluding steroid dienone is 4. The lowest BCUT2D eigenvalue weighted by Gasteiger charge is -2.31. The minimum atomic E-state index is -1.05. The molecule has 1 saturated heterocycles. The molecule has 4 rings (SSSR count). The number of amides is 2. The summed E-state index contributed by atoms with van der Waals surface area (Å²) < 4.78 is 11.5. The summed E-state index contributed by atoms with van der Waals surface area (Å²) in [5.41, 5.74) is 2.04. The van der Waals surface area contributed by atoms with Crippen molar-refractivity contribution in [3.63, 3.8) is 0 Å². The first-order valence-corrected chi connectivity index (χ1v) is 11.7. The number of aliphatic hydroxyl groups excluding tert-OH is 1. The molecule has 176 valence electrons. The molecular weight excluding hydrogens is 418 g/mol. The first kappa shape index (κ1) is 23.1. The maximum atomic E-state index is 12.8. The van der Waals surface area contributed by atoms with Crippen LogP contribution in [0.3, 0.4) is 0 Å². The van der Waals surface area contributed by atoms with Gasteiger partial charge in [0.15, 0.2) is 11.5 Å². The lowest BCUT2D eigenvalue weighted by Crippen LogP contribution is -2.53. The van der Waals surface area contributed by atoms with Gasteiger partial charge in [0.25, 0.3) is 0 Å². The molecule has 2 heterocycles. The molecule has 1 aliphatic carbocycles. The Kier molecular flexibility index (Phi) is 7.86. The Bertz CT molecular complexity index is 932. The molecule has 3 aliphatic rings. The van der Waals surface area contributed by atoms with Crippen LogP contribution in [0.2, 0.25) is 0 Å². The number of hydrogen-bond donors (Lipinski definition) is 3. The Morgan fingerprint density at radius 2 is 1.94 bits per heavy atom. The van der Waals surface area contributed by atoms with Crippen LogP contribution in [0.4, 0.5) is 4.79 Å². The fraction of sp³-hybridized carbons (Fsp3) is 0.423. The molecule has 2 amide bonds. The molecule has 7 nitrogen and oxygen atoms in total.